The van der Waals surface area contributed by atoms with Gasteiger partial charge < -0.3 is 19.6 Å². The molecule has 1 N–H and O–H groups in total. The predicted octanol–water partition coefficient (Wildman–Crippen LogP) is 3.88. The Labute approximate surface area is 184 Å². The van der Waals surface area contributed by atoms with E-state index in [-0.39, 0.29) is 0 Å². The van der Waals surface area contributed by atoms with Crippen LogP contribution in [0.3, 0.4) is 0 Å². The molecule has 2 aliphatic heterocycles. The number of hydrogen-bond donors (Lipinski definition) is 1. The SMILES string of the molecule is CCNC(=NCc1cc(C(C)C)no1)N1CC(CCN2CCCC2=O)c2ccccc21. The number of amides is 1. The number of anilines is 1. The van der Waals surface area contributed by atoms with E-state index in [0.29, 0.717) is 30.7 Å². The Hall–Kier alpha value is -2.83. The van der Waals surface area contributed by atoms with Gasteiger partial charge in [0.1, 0.15) is 6.54 Å². The highest BCUT2D eigenvalue weighted by molar-refractivity contribution is 5.98. The van der Waals surface area contributed by atoms with Crippen LogP contribution in [0.25, 0.3) is 0 Å². The molecule has 31 heavy (non-hydrogen) atoms. The molecule has 3 heterocycles. The number of para-hydroxylation sites is 1. The Morgan fingerprint density at radius 2 is 2.19 bits per heavy atom. The third-order valence-corrected chi connectivity index (χ3v) is 6.13. The molecule has 7 nitrogen and oxygen atoms in total. The maximum Gasteiger partial charge on any atom is 0.222 e. The van der Waals surface area contributed by atoms with Crippen molar-refractivity contribution in [1.82, 2.24) is 15.4 Å². The van der Waals surface area contributed by atoms with Crippen LogP contribution >= 0.6 is 0 Å². The summed E-state index contributed by atoms with van der Waals surface area (Å²) in [5.74, 6) is 2.65. The third-order valence-electron chi connectivity index (χ3n) is 6.13. The summed E-state index contributed by atoms with van der Waals surface area (Å²) in [6.45, 7) is 10.1. The molecule has 0 spiro atoms. The second-order valence-corrected chi connectivity index (χ2v) is 8.68. The number of rotatable bonds is 7. The Kier molecular flexibility index (Phi) is 6.59. The zero-order chi connectivity index (χ0) is 21.8. The van der Waals surface area contributed by atoms with Crippen LogP contribution in [0.4, 0.5) is 5.69 Å². The molecular formula is C24H33N5O2. The van der Waals surface area contributed by atoms with E-state index in [1.165, 1.54) is 11.3 Å². The summed E-state index contributed by atoms with van der Waals surface area (Å²) in [4.78, 5) is 21.2. The van der Waals surface area contributed by atoms with E-state index in [2.05, 4.69) is 60.4 Å². The number of guanidine groups is 1. The summed E-state index contributed by atoms with van der Waals surface area (Å²) in [6.07, 6.45) is 2.66. The van der Waals surface area contributed by atoms with Crippen LogP contribution in [0.15, 0.2) is 39.8 Å². The third kappa shape index (κ3) is 4.75. The summed E-state index contributed by atoms with van der Waals surface area (Å²) < 4.78 is 5.47. The smallest absolute Gasteiger partial charge is 0.222 e. The van der Waals surface area contributed by atoms with Gasteiger partial charge in [0.25, 0.3) is 0 Å². The maximum atomic E-state index is 12.0. The largest absolute Gasteiger partial charge is 0.359 e. The molecule has 0 aliphatic carbocycles. The number of carbonyl (C=O) groups excluding carboxylic acids is 1. The van der Waals surface area contributed by atoms with Crippen molar-refractivity contribution in [2.45, 2.75) is 58.4 Å². The standard InChI is InChI=1S/C24H33N5O2/c1-4-25-24(26-15-19-14-21(17(2)3)27-31-19)29-16-18(20-8-5-6-9-22(20)29)11-13-28-12-7-10-23(28)30/h5-6,8-9,14,17-18H,4,7,10-13,15-16H2,1-3H3,(H,25,26). The van der Waals surface area contributed by atoms with E-state index >= 15 is 0 Å². The molecule has 1 aromatic heterocycles. The van der Waals surface area contributed by atoms with Crippen LogP contribution in [-0.2, 0) is 11.3 Å². The number of likely N-dealkylation sites (tertiary alicyclic amines) is 1. The van der Waals surface area contributed by atoms with E-state index in [1.54, 1.807) is 0 Å². The lowest BCUT2D eigenvalue weighted by atomic mass is 9.98. The van der Waals surface area contributed by atoms with Crippen LogP contribution in [0, 0.1) is 0 Å². The molecule has 166 valence electrons. The number of aliphatic imine (C=N–C) groups is 1. The molecule has 0 bridgehead atoms. The monoisotopic (exact) mass is 423 g/mol. The van der Waals surface area contributed by atoms with Crippen molar-refractivity contribution in [3.05, 3.63) is 47.3 Å². The van der Waals surface area contributed by atoms with Crippen LogP contribution in [-0.4, -0.2) is 48.1 Å². The van der Waals surface area contributed by atoms with Gasteiger partial charge in [-0.3, -0.25) is 4.79 Å². The zero-order valence-corrected chi connectivity index (χ0v) is 18.8. The van der Waals surface area contributed by atoms with Gasteiger partial charge in [-0.15, -0.1) is 0 Å². The highest BCUT2D eigenvalue weighted by atomic mass is 16.5. The van der Waals surface area contributed by atoms with Gasteiger partial charge in [0, 0.05) is 50.3 Å². The highest BCUT2D eigenvalue weighted by Crippen LogP contribution is 2.38. The van der Waals surface area contributed by atoms with E-state index < -0.39 is 0 Å². The summed E-state index contributed by atoms with van der Waals surface area (Å²) in [6, 6.07) is 10.5. The Morgan fingerprint density at radius 1 is 1.35 bits per heavy atom. The molecule has 1 unspecified atom stereocenters. The van der Waals surface area contributed by atoms with E-state index in [1.807, 2.05) is 11.0 Å². The minimum atomic E-state index is 0.297. The first kappa shape index (κ1) is 21.4. The molecule has 7 heteroatoms. The normalized spacial score (nSPS) is 18.9. The van der Waals surface area contributed by atoms with Gasteiger partial charge in [-0.05, 0) is 37.3 Å². The van der Waals surface area contributed by atoms with E-state index in [0.717, 1.165) is 56.4 Å². The molecule has 0 radical (unpaired) electrons. The lowest BCUT2D eigenvalue weighted by Gasteiger charge is -2.23. The molecular weight excluding hydrogens is 390 g/mol. The second-order valence-electron chi connectivity index (χ2n) is 8.68. The van der Waals surface area contributed by atoms with Crippen LogP contribution in [0.5, 0.6) is 0 Å². The molecule has 1 aromatic carbocycles. The quantitative estimate of drug-likeness (QED) is 0.540. The number of hydrogen-bond acceptors (Lipinski definition) is 4. The van der Waals surface area contributed by atoms with Crippen molar-refractivity contribution >= 4 is 17.6 Å². The first-order valence-corrected chi connectivity index (χ1v) is 11.4. The fraction of sp³-hybridized carbons (Fsp3) is 0.542. The number of aromatic nitrogens is 1. The average Bonchev–Trinajstić information content (AvgIpc) is 3.48. The summed E-state index contributed by atoms with van der Waals surface area (Å²) >= 11 is 0. The summed E-state index contributed by atoms with van der Waals surface area (Å²) in [5.41, 5.74) is 3.49. The average molecular weight is 424 g/mol. The minimum Gasteiger partial charge on any atom is -0.359 e. The van der Waals surface area contributed by atoms with Gasteiger partial charge in [0.15, 0.2) is 11.7 Å². The van der Waals surface area contributed by atoms with Gasteiger partial charge >= 0.3 is 0 Å². The van der Waals surface area contributed by atoms with E-state index in [9.17, 15) is 4.79 Å². The van der Waals surface area contributed by atoms with Crippen molar-refractivity contribution in [3.63, 3.8) is 0 Å². The van der Waals surface area contributed by atoms with Crippen molar-refractivity contribution < 1.29 is 9.32 Å². The van der Waals surface area contributed by atoms with E-state index in [4.69, 9.17) is 9.52 Å². The number of nitrogens with one attached hydrogen (secondary N) is 1. The van der Waals surface area contributed by atoms with Gasteiger partial charge in [0.2, 0.25) is 5.91 Å². The van der Waals surface area contributed by atoms with Crippen molar-refractivity contribution in [2.75, 3.05) is 31.1 Å². The summed E-state index contributed by atoms with van der Waals surface area (Å²) in [7, 11) is 0. The van der Waals surface area contributed by atoms with Crippen molar-refractivity contribution in [3.8, 4) is 0 Å². The second kappa shape index (κ2) is 9.54. The molecule has 2 aromatic rings. The highest BCUT2D eigenvalue weighted by Gasteiger charge is 2.32. The molecule has 4 rings (SSSR count). The summed E-state index contributed by atoms with van der Waals surface area (Å²) in [5, 5.41) is 7.58. The van der Waals surface area contributed by atoms with Gasteiger partial charge in [-0.2, -0.15) is 0 Å². The minimum absolute atomic E-state index is 0.297. The van der Waals surface area contributed by atoms with Crippen molar-refractivity contribution in [2.24, 2.45) is 4.99 Å². The first-order valence-electron chi connectivity index (χ1n) is 11.4. The number of benzene rings is 1. The Bertz CT molecular complexity index is 936. The van der Waals surface area contributed by atoms with Gasteiger partial charge in [-0.1, -0.05) is 37.2 Å². The number of nitrogens with zero attached hydrogens (tertiary/aromatic N) is 4. The molecule has 0 saturated carbocycles. The van der Waals surface area contributed by atoms with Crippen LogP contribution in [0.1, 0.15) is 68.9 Å². The molecule has 2 aliphatic rings. The Balaban J connectivity index is 1.50. The fourth-order valence-electron chi connectivity index (χ4n) is 4.42. The predicted molar refractivity (Wildman–Crippen MR) is 122 cm³/mol. The first-order chi connectivity index (χ1) is 15.1. The van der Waals surface area contributed by atoms with Crippen LogP contribution in [0.2, 0.25) is 0 Å². The molecule has 1 amide bonds. The fourth-order valence-corrected chi connectivity index (χ4v) is 4.42. The topological polar surface area (TPSA) is 74.0 Å². The molecule has 1 fully saturated rings. The van der Waals surface area contributed by atoms with Crippen LogP contribution < -0.4 is 10.2 Å². The zero-order valence-electron chi connectivity index (χ0n) is 18.8. The number of carbonyl (C=O) groups is 1. The lowest BCUT2D eigenvalue weighted by Crippen LogP contribution is -2.41. The molecule has 1 atom stereocenters. The van der Waals surface area contributed by atoms with Gasteiger partial charge in [0.05, 0.1) is 5.69 Å². The Morgan fingerprint density at radius 3 is 2.90 bits per heavy atom. The van der Waals surface area contributed by atoms with Crippen molar-refractivity contribution in [1.29, 1.82) is 0 Å². The number of fused-ring (bicyclic) bond motifs is 1. The van der Waals surface area contributed by atoms with Gasteiger partial charge in [-0.25, -0.2) is 4.99 Å². The molecule has 1 saturated heterocycles. The lowest BCUT2D eigenvalue weighted by molar-refractivity contribution is -0.127. The maximum absolute atomic E-state index is 12.0.